The van der Waals surface area contributed by atoms with E-state index in [1.165, 1.54) is 51.5 Å². The first-order chi connectivity index (χ1) is 6.36. The fraction of sp³-hybridized carbons (Fsp3) is 1.00. The lowest BCUT2D eigenvalue weighted by Crippen LogP contribution is -2.35. The first kappa shape index (κ1) is 9.47. The lowest BCUT2D eigenvalue weighted by Gasteiger charge is -2.26. The molecule has 0 radical (unpaired) electrons. The van der Waals surface area contributed by atoms with Gasteiger partial charge in [0.15, 0.2) is 0 Å². The highest BCUT2D eigenvalue weighted by Crippen LogP contribution is 2.24. The minimum atomic E-state index is 0.461. The fourth-order valence-electron chi connectivity index (χ4n) is 2.77. The van der Waals surface area contributed by atoms with Crippen LogP contribution in [-0.4, -0.2) is 30.1 Å². The number of hydrogen-bond donors (Lipinski definition) is 1. The van der Waals surface area contributed by atoms with E-state index < -0.39 is 0 Å². The first-order valence-electron chi connectivity index (χ1n) is 5.86. The predicted octanol–water partition coefficient (Wildman–Crippen LogP) is 1.74. The van der Waals surface area contributed by atoms with Gasteiger partial charge in [-0.1, -0.05) is 25.7 Å². The van der Waals surface area contributed by atoms with Gasteiger partial charge in [0.2, 0.25) is 0 Å². The van der Waals surface area contributed by atoms with Gasteiger partial charge in [0.25, 0.3) is 0 Å². The number of rotatable bonds is 1. The molecular weight excluding hydrogens is 160 g/mol. The molecule has 1 atom stereocenters. The highest BCUT2D eigenvalue weighted by atomic mass is 15.2. The molecule has 0 unspecified atom stereocenters. The summed E-state index contributed by atoms with van der Waals surface area (Å²) in [6.07, 6.45) is 9.86. The van der Waals surface area contributed by atoms with Gasteiger partial charge in [-0.15, -0.1) is 0 Å². The van der Waals surface area contributed by atoms with E-state index in [-0.39, 0.29) is 0 Å². The van der Waals surface area contributed by atoms with Crippen molar-refractivity contribution in [3.63, 3.8) is 0 Å². The Labute approximate surface area is 81.5 Å². The Morgan fingerprint density at radius 1 is 0.923 bits per heavy atom. The number of likely N-dealkylation sites (tertiary alicyclic amines) is 1. The van der Waals surface area contributed by atoms with E-state index in [0.717, 1.165) is 12.6 Å². The van der Waals surface area contributed by atoms with Gasteiger partial charge in [0.05, 0.1) is 0 Å². The molecule has 1 aliphatic heterocycles. The van der Waals surface area contributed by atoms with E-state index in [2.05, 4.69) is 4.90 Å². The summed E-state index contributed by atoms with van der Waals surface area (Å²) < 4.78 is 0. The maximum absolute atomic E-state index is 5.93. The molecule has 0 amide bonds. The van der Waals surface area contributed by atoms with Crippen LogP contribution in [0.5, 0.6) is 0 Å². The molecule has 1 saturated carbocycles. The third kappa shape index (κ3) is 2.44. The Morgan fingerprint density at radius 3 is 2.15 bits per heavy atom. The van der Waals surface area contributed by atoms with Gasteiger partial charge in [-0.3, -0.25) is 4.90 Å². The molecule has 1 aliphatic carbocycles. The molecule has 2 rings (SSSR count). The summed E-state index contributed by atoms with van der Waals surface area (Å²) >= 11 is 0. The molecule has 1 saturated heterocycles. The Hall–Kier alpha value is -0.0800. The molecular formula is C11H22N2. The summed E-state index contributed by atoms with van der Waals surface area (Å²) in [6, 6.07) is 1.33. The molecule has 0 aromatic heterocycles. The maximum atomic E-state index is 5.93. The minimum Gasteiger partial charge on any atom is -0.326 e. The molecule has 2 heteroatoms. The Bertz CT molecular complexity index is 150. The van der Waals surface area contributed by atoms with Crippen molar-refractivity contribution in [2.45, 2.75) is 57.0 Å². The normalized spacial score (nSPS) is 33.5. The van der Waals surface area contributed by atoms with Gasteiger partial charge in [-0.25, -0.2) is 0 Å². The summed E-state index contributed by atoms with van der Waals surface area (Å²) in [6.45, 7) is 2.41. The highest BCUT2D eigenvalue weighted by molar-refractivity contribution is 4.84. The molecule has 1 heterocycles. The Kier molecular flexibility index (Phi) is 3.23. The second kappa shape index (κ2) is 4.43. The van der Waals surface area contributed by atoms with Crippen LogP contribution in [0.3, 0.4) is 0 Å². The Balaban J connectivity index is 1.84. The average molecular weight is 182 g/mol. The third-order valence-corrected chi connectivity index (χ3v) is 3.60. The molecule has 0 aromatic rings. The lowest BCUT2D eigenvalue weighted by atomic mass is 10.1. The van der Waals surface area contributed by atoms with Crippen LogP contribution < -0.4 is 5.73 Å². The number of hydrogen-bond acceptors (Lipinski definition) is 2. The zero-order valence-electron chi connectivity index (χ0n) is 8.54. The zero-order chi connectivity index (χ0) is 9.10. The summed E-state index contributed by atoms with van der Waals surface area (Å²) in [7, 11) is 0. The molecule has 2 aliphatic rings. The molecule has 2 fully saturated rings. The van der Waals surface area contributed by atoms with Crippen molar-refractivity contribution in [1.29, 1.82) is 0 Å². The molecule has 2 nitrogen and oxygen atoms in total. The molecule has 0 aromatic carbocycles. The van der Waals surface area contributed by atoms with Gasteiger partial charge in [-0.2, -0.15) is 0 Å². The van der Waals surface area contributed by atoms with Crippen LogP contribution in [0.2, 0.25) is 0 Å². The SMILES string of the molecule is N[C@@H]1CCN(C2CCCCCC2)C1. The smallest absolute Gasteiger partial charge is 0.0180 e. The molecule has 13 heavy (non-hydrogen) atoms. The van der Waals surface area contributed by atoms with Crippen LogP contribution in [0.4, 0.5) is 0 Å². The summed E-state index contributed by atoms with van der Waals surface area (Å²) in [5.41, 5.74) is 5.93. The molecule has 2 N–H and O–H groups in total. The van der Waals surface area contributed by atoms with Crippen molar-refractivity contribution < 1.29 is 0 Å². The molecule has 0 spiro atoms. The van der Waals surface area contributed by atoms with Gasteiger partial charge in [0, 0.05) is 25.2 Å². The van der Waals surface area contributed by atoms with E-state index >= 15 is 0 Å². The number of nitrogens with two attached hydrogens (primary N) is 1. The highest BCUT2D eigenvalue weighted by Gasteiger charge is 2.26. The zero-order valence-corrected chi connectivity index (χ0v) is 8.54. The van der Waals surface area contributed by atoms with Crippen LogP contribution in [0.1, 0.15) is 44.9 Å². The molecule has 76 valence electrons. The topological polar surface area (TPSA) is 29.3 Å². The second-order valence-corrected chi connectivity index (χ2v) is 4.69. The summed E-state index contributed by atoms with van der Waals surface area (Å²) in [4.78, 5) is 2.63. The van der Waals surface area contributed by atoms with Crippen molar-refractivity contribution in [1.82, 2.24) is 4.90 Å². The van der Waals surface area contributed by atoms with Crippen molar-refractivity contribution >= 4 is 0 Å². The van der Waals surface area contributed by atoms with Crippen LogP contribution >= 0.6 is 0 Å². The lowest BCUT2D eigenvalue weighted by molar-refractivity contribution is 0.219. The second-order valence-electron chi connectivity index (χ2n) is 4.69. The van der Waals surface area contributed by atoms with Crippen LogP contribution in [-0.2, 0) is 0 Å². The predicted molar refractivity (Wildman–Crippen MR) is 55.7 cm³/mol. The average Bonchev–Trinajstić information content (AvgIpc) is 2.43. The number of nitrogens with zero attached hydrogens (tertiary/aromatic N) is 1. The quantitative estimate of drug-likeness (QED) is 0.626. The Morgan fingerprint density at radius 2 is 1.62 bits per heavy atom. The van der Waals surface area contributed by atoms with E-state index in [1.54, 1.807) is 0 Å². The van der Waals surface area contributed by atoms with Gasteiger partial charge >= 0.3 is 0 Å². The van der Waals surface area contributed by atoms with Crippen molar-refractivity contribution in [2.75, 3.05) is 13.1 Å². The third-order valence-electron chi connectivity index (χ3n) is 3.60. The van der Waals surface area contributed by atoms with Crippen LogP contribution in [0.15, 0.2) is 0 Å². The van der Waals surface area contributed by atoms with Gasteiger partial charge < -0.3 is 5.73 Å². The first-order valence-corrected chi connectivity index (χ1v) is 5.86. The van der Waals surface area contributed by atoms with Crippen LogP contribution in [0.25, 0.3) is 0 Å². The van der Waals surface area contributed by atoms with Crippen molar-refractivity contribution in [3.05, 3.63) is 0 Å². The van der Waals surface area contributed by atoms with E-state index in [0.29, 0.717) is 6.04 Å². The molecule has 0 bridgehead atoms. The largest absolute Gasteiger partial charge is 0.326 e. The van der Waals surface area contributed by atoms with E-state index in [9.17, 15) is 0 Å². The summed E-state index contributed by atoms with van der Waals surface area (Å²) in [5.74, 6) is 0. The minimum absolute atomic E-state index is 0.461. The van der Waals surface area contributed by atoms with E-state index in [1.807, 2.05) is 0 Å². The monoisotopic (exact) mass is 182 g/mol. The van der Waals surface area contributed by atoms with Crippen molar-refractivity contribution in [2.24, 2.45) is 5.73 Å². The fourth-order valence-corrected chi connectivity index (χ4v) is 2.77. The maximum Gasteiger partial charge on any atom is 0.0180 e. The standard InChI is InChI=1S/C11H22N2/c12-10-7-8-13(9-10)11-5-3-1-2-4-6-11/h10-11H,1-9,12H2/t10-/m1/s1. The van der Waals surface area contributed by atoms with E-state index in [4.69, 9.17) is 5.73 Å². The van der Waals surface area contributed by atoms with Crippen molar-refractivity contribution in [3.8, 4) is 0 Å². The van der Waals surface area contributed by atoms with Crippen LogP contribution in [0, 0.1) is 0 Å². The van der Waals surface area contributed by atoms with Gasteiger partial charge in [-0.05, 0) is 19.3 Å². The summed E-state index contributed by atoms with van der Waals surface area (Å²) in [5, 5.41) is 0. The van der Waals surface area contributed by atoms with Gasteiger partial charge in [0.1, 0.15) is 0 Å².